The molecule has 0 aliphatic carbocycles. The SMILES string of the molecule is N#CC1CNCCN1. The van der Waals surface area contributed by atoms with Crippen molar-refractivity contribution in [1.29, 1.82) is 5.26 Å². The molecule has 8 heavy (non-hydrogen) atoms. The molecule has 2 N–H and O–H groups in total. The van der Waals surface area contributed by atoms with Crippen LogP contribution in [0.15, 0.2) is 0 Å². The first-order valence-electron chi connectivity index (χ1n) is 2.77. The summed E-state index contributed by atoms with van der Waals surface area (Å²) in [7, 11) is 0. The first-order chi connectivity index (χ1) is 3.93. The summed E-state index contributed by atoms with van der Waals surface area (Å²) in [5.41, 5.74) is 0. The normalized spacial score (nSPS) is 29.1. The van der Waals surface area contributed by atoms with Gasteiger partial charge in [0.2, 0.25) is 0 Å². The van der Waals surface area contributed by atoms with Crippen LogP contribution in [0, 0.1) is 11.3 Å². The second-order valence-corrected chi connectivity index (χ2v) is 1.84. The fourth-order valence-electron chi connectivity index (χ4n) is 0.745. The molecule has 1 atom stereocenters. The molecule has 0 bridgehead atoms. The second-order valence-electron chi connectivity index (χ2n) is 1.84. The lowest BCUT2D eigenvalue weighted by molar-refractivity contribution is 0.477. The molecule has 0 amide bonds. The molecule has 0 radical (unpaired) electrons. The minimum atomic E-state index is 0.0312. The Morgan fingerprint density at radius 1 is 1.50 bits per heavy atom. The maximum atomic E-state index is 8.34. The van der Waals surface area contributed by atoms with Crippen LogP contribution >= 0.6 is 0 Å². The van der Waals surface area contributed by atoms with E-state index in [-0.39, 0.29) is 6.04 Å². The number of hydrogen-bond donors (Lipinski definition) is 2. The minimum Gasteiger partial charge on any atom is -0.313 e. The number of nitrogens with zero attached hydrogens (tertiary/aromatic N) is 1. The molecular weight excluding hydrogens is 102 g/mol. The molecule has 0 aromatic heterocycles. The Bertz CT molecular complexity index is 98.7. The van der Waals surface area contributed by atoms with Crippen molar-refractivity contribution in [2.24, 2.45) is 0 Å². The molecule has 3 nitrogen and oxygen atoms in total. The van der Waals surface area contributed by atoms with Crippen molar-refractivity contribution in [2.45, 2.75) is 6.04 Å². The lowest BCUT2D eigenvalue weighted by atomic mass is 10.3. The van der Waals surface area contributed by atoms with Crippen LogP contribution in [-0.2, 0) is 0 Å². The largest absolute Gasteiger partial charge is 0.313 e. The lowest BCUT2D eigenvalue weighted by Gasteiger charge is -2.17. The summed E-state index contributed by atoms with van der Waals surface area (Å²) in [5, 5.41) is 14.5. The summed E-state index contributed by atoms with van der Waals surface area (Å²) in [4.78, 5) is 0. The third-order valence-electron chi connectivity index (χ3n) is 1.20. The predicted molar refractivity (Wildman–Crippen MR) is 30.3 cm³/mol. The summed E-state index contributed by atoms with van der Waals surface area (Å²) in [5.74, 6) is 0. The molecule has 1 aliphatic heterocycles. The number of hydrogen-bond acceptors (Lipinski definition) is 3. The van der Waals surface area contributed by atoms with Crippen LogP contribution in [-0.4, -0.2) is 25.7 Å². The van der Waals surface area contributed by atoms with Crippen LogP contribution in [0.3, 0.4) is 0 Å². The Labute approximate surface area is 48.7 Å². The third-order valence-corrected chi connectivity index (χ3v) is 1.20. The minimum absolute atomic E-state index is 0.0312. The van der Waals surface area contributed by atoms with Crippen molar-refractivity contribution in [2.75, 3.05) is 19.6 Å². The van der Waals surface area contributed by atoms with Crippen molar-refractivity contribution in [1.82, 2.24) is 10.6 Å². The van der Waals surface area contributed by atoms with Crippen molar-refractivity contribution in [3.8, 4) is 6.07 Å². The molecule has 44 valence electrons. The molecule has 0 aromatic carbocycles. The maximum absolute atomic E-state index is 8.34. The molecule has 1 saturated heterocycles. The highest BCUT2D eigenvalue weighted by atomic mass is 15.0. The van der Waals surface area contributed by atoms with E-state index in [9.17, 15) is 0 Å². The van der Waals surface area contributed by atoms with Crippen LogP contribution in [0.5, 0.6) is 0 Å². The van der Waals surface area contributed by atoms with Crippen molar-refractivity contribution < 1.29 is 0 Å². The molecule has 1 aliphatic rings. The monoisotopic (exact) mass is 111 g/mol. The number of piperazine rings is 1. The zero-order valence-corrected chi connectivity index (χ0v) is 4.65. The molecule has 1 unspecified atom stereocenters. The van der Waals surface area contributed by atoms with E-state index in [1.165, 1.54) is 0 Å². The highest BCUT2D eigenvalue weighted by molar-refractivity contribution is 4.93. The number of nitriles is 1. The number of rotatable bonds is 0. The van der Waals surface area contributed by atoms with Gasteiger partial charge in [0, 0.05) is 19.6 Å². The van der Waals surface area contributed by atoms with Gasteiger partial charge >= 0.3 is 0 Å². The molecule has 0 spiro atoms. The summed E-state index contributed by atoms with van der Waals surface area (Å²) in [6.07, 6.45) is 0. The average molecular weight is 111 g/mol. The van der Waals surface area contributed by atoms with Crippen LogP contribution in [0.2, 0.25) is 0 Å². The third kappa shape index (κ3) is 1.19. The van der Waals surface area contributed by atoms with E-state index in [2.05, 4.69) is 16.7 Å². The van der Waals surface area contributed by atoms with Gasteiger partial charge in [0.15, 0.2) is 0 Å². The Morgan fingerprint density at radius 3 is 2.75 bits per heavy atom. The Kier molecular flexibility index (Phi) is 1.84. The maximum Gasteiger partial charge on any atom is 0.108 e. The topological polar surface area (TPSA) is 47.9 Å². The van der Waals surface area contributed by atoms with Gasteiger partial charge in [-0.1, -0.05) is 0 Å². The van der Waals surface area contributed by atoms with Gasteiger partial charge in [0.25, 0.3) is 0 Å². The standard InChI is InChI=1S/C5H9N3/c6-3-5-4-7-1-2-8-5/h5,7-8H,1-2,4H2. The van der Waals surface area contributed by atoms with E-state index in [0.29, 0.717) is 0 Å². The van der Waals surface area contributed by atoms with Gasteiger partial charge in [-0.2, -0.15) is 5.26 Å². The molecule has 0 aromatic rings. The van der Waals surface area contributed by atoms with E-state index in [0.717, 1.165) is 19.6 Å². The van der Waals surface area contributed by atoms with Crippen molar-refractivity contribution >= 4 is 0 Å². The Balaban J connectivity index is 2.25. The van der Waals surface area contributed by atoms with Crippen LogP contribution in [0.4, 0.5) is 0 Å². The van der Waals surface area contributed by atoms with E-state index < -0.39 is 0 Å². The van der Waals surface area contributed by atoms with Gasteiger partial charge in [-0.05, 0) is 0 Å². The molecule has 1 heterocycles. The van der Waals surface area contributed by atoms with E-state index in [1.807, 2.05) is 0 Å². The summed E-state index contributed by atoms with van der Waals surface area (Å²) < 4.78 is 0. The Morgan fingerprint density at radius 2 is 2.38 bits per heavy atom. The van der Waals surface area contributed by atoms with Crippen LogP contribution < -0.4 is 10.6 Å². The van der Waals surface area contributed by atoms with Gasteiger partial charge in [-0.3, -0.25) is 5.32 Å². The highest BCUT2D eigenvalue weighted by Crippen LogP contribution is 1.81. The summed E-state index contributed by atoms with van der Waals surface area (Å²) >= 11 is 0. The Hall–Kier alpha value is -0.590. The summed E-state index contributed by atoms with van der Waals surface area (Å²) in [6.45, 7) is 2.69. The molecular formula is C5H9N3. The van der Waals surface area contributed by atoms with Gasteiger partial charge in [-0.25, -0.2) is 0 Å². The molecule has 1 fully saturated rings. The van der Waals surface area contributed by atoms with Gasteiger partial charge in [0.1, 0.15) is 6.04 Å². The summed E-state index contributed by atoms with van der Waals surface area (Å²) in [6, 6.07) is 2.16. The smallest absolute Gasteiger partial charge is 0.108 e. The van der Waals surface area contributed by atoms with Crippen LogP contribution in [0.1, 0.15) is 0 Å². The van der Waals surface area contributed by atoms with E-state index in [4.69, 9.17) is 5.26 Å². The van der Waals surface area contributed by atoms with Gasteiger partial charge < -0.3 is 5.32 Å². The van der Waals surface area contributed by atoms with Gasteiger partial charge in [0.05, 0.1) is 6.07 Å². The fourth-order valence-corrected chi connectivity index (χ4v) is 0.745. The van der Waals surface area contributed by atoms with E-state index in [1.54, 1.807) is 0 Å². The fraction of sp³-hybridized carbons (Fsp3) is 0.800. The second kappa shape index (κ2) is 2.65. The quantitative estimate of drug-likeness (QED) is 0.424. The van der Waals surface area contributed by atoms with Crippen molar-refractivity contribution in [3.63, 3.8) is 0 Å². The lowest BCUT2D eigenvalue weighted by Crippen LogP contribution is -2.47. The molecule has 1 rings (SSSR count). The predicted octanol–water partition coefficient (Wildman–Crippen LogP) is -0.929. The van der Waals surface area contributed by atoms with Gasteiger partial charge in [-0.15, -0.1) is 0 Å². The first kappa shape index (κ1) is 5.54. The molecule has 3 heteroatoms. The first-order valence-corrected chi connectivity index (χ1v) is 2.77. The number of nitrogens with one attached hydrogen (secondary N) is 2. The highest BCUT2D eigenvalue weighted by Gasteiger charge is 2.08. The average Bonchev–Trinajstić information content (AvgIpc) is 1.90. The van der Waals surface area contributed by atoms with Crippen molar-refractivity contribution in [3.05, 3.63) is 0 Å². The zero-order valence-electron chi connectivity index (χ0n) is 4.65. The van der Waals surface area contributed by atoms with Crippen LogP contribution in [0.25, 0.3) is 0 Å². The molecule has 0 saturated carbocycles. The zero-order chi connectivity index (χ0) is 5.82. The van der Waals surface area contributed by atoms with E-state index >= 15 is 0 Å².